The van der Waals surface area contributed by atoms with Gasteiger partial charge in [-0.1, -0.05) is 0 Å². The number of nitrogens with zero attached hydrogens (tertiary/aromatic N) is 3. The molecule has 0 aliphatic rings. The van der Waals surface area contributed by atoms with Gasteiger partial charge in [-0.25, -0.2) is 0 Å². The fourth-order valence-electron chi connectivity index (χ4n) is 1.90. The van der Waals surface area contributed by atoms with Gasteiger partial charge in [0.2, 0.25) is 0 Å². The number of hydrogen-bond acceptors (Lipinski definition) is 4. The van der Waals surface area contributed by atoms with Gasteiger partial charge in [-0.15, -0.1) is 0 Å². The second-order valence-corrected chi connectivity index (χ2v) is 5.06. The maximum Gasteiger partial charge on any atom is 0.260 e. The summed E-state index contributed by atoms with van der Waals surface area (Å²) in [5.74, 6) is 0.590. The summed E-state index contributed by atoms with van der Waals surface area (Å²) in [6.45, 7) is 4.38. The number of nitriles is 1. The number of amides is 1. The SMILES string of the molecule is CCN(CCCN(C)C)C(=O)COc1ccc(C#N)cc1. The molecule has 1 rings (SSSR count). The molecule has 5 heteroatoms. The van der Waals surface area contributed by atoms with E-state index in [1.54, 1.807) is 29.2 Å². The van der Waals surface area contributed by atoms with E-state index in [0.717, 1.165) is 19.5 Å². The van der Waals surface area contributed by atoms with E-state index in [4.69, 9.17) is 10.00 Å². The summed E-state index contributed by atoms with van der Waals surface area (Å²) in [6, 6.07) is 8.80. The summed E-state index contributed by atoms with van der Waals surface area (Å²) < 4.78 is 5.47. The van der Waals surface area contributed by atoms with Gasteiger partial charge in [-0.3, -0.25) is 4.79 Å². The molecule has 0 bridgehead atoms. The predicted octanol–water partition coefficient (Wildman–Crippen LogP) is 1.74. The maximum absolute atomic E-state index is 12.1. The molecule has 0 fully saturated rings. The van der Waals surface area contributed by atoms with Crippen molar-refractivity contribution in [3.05, 3.63) is 29.8 Å². The Balaban J connectivity index is 2.41. The first-order chi connectivity index (χ1) is 10.1. The van der Waals surface area contributed by atoms with Crippen molar-refractivity contribution in [2.75, 3.05) is 40.3 Å². The Morgan fingerprint density at radius 2 is 1.90 bits per heavy atom. The number of ether oxygens (including phenoxy) is 1. The maximum atomic E-state index is 12.1. The van der Waals surface area contributed by atoms with Gasteiger partial charge in [0.05, 0.1) is 11.6 Å². The number of likely N-dealkylation sites (N-methyl/N-ethyl adjacent to an activating group) is 1. The van der Waals surface area contributed by atoms with Crippen LogP contribution >= 0.6 is 0 Å². The van der Waals surface area contributed by atoms with Gasteiger partial charge in [0, 0.05) is 13.1 Å². The van der Waals surface area contributed by atoms with E-state index in [1.807, 2.05) is 27.1 Å². The molecule has 1 aromatic rings. The highest BCUT2D eigenvalue weighted by molar-refractivity contribution is 5.77. The van der Waals surface area contributed by atoms with Crippen LogP contribution in [0, 0.1) is 11.3 Å². The average molecular weight is 289 g/mol. The van der Waals surface area contributed by atoms with Crippen molar-refractivity contribution in [3.8, 4) is 11.8 Å². The van der Waals surface area contributed by atoms with Crippen LogP contribution in [-0.4, -0.2) is 56.0 Å². The van der Waals surface area contributed by atoms with Crippen LogP contribution in [0.15, 0.2) is 24.3 Å². The van der Waals surface area contributed by atoms with Crippen LogP contribution in [0.2, 0.25) is 0 Å². The van der Waals surface area contributed by atoms with E-state index < -0.39 is 0 Å². The molecule has 0 unspecified atom stereocenters. The average Bonchev–Trinajstić information content (AvgIpc) is 2.49. The zero-order valence-corrected chi connectivity index (χ0v) is 13.0. The standard InChI is InChI=1S/C16H23N3O2/c1-4-19(11-5-10-18(2)3)16(20)13-21-15-8-6-14(12-17)7-9-15/h6-9H,4-5,10-11,13H2,1-3H3. The molecule has 0 aliphatic heterocycles. The lowest BCUT2D eigenvalue weighted by atomic mass is 10.2. The molecule has 1 amide bonds. The first kappa shape index (κ1) is 17.0. The van der Waals surface area contributed by atoms with E-state index in [1.165, 1.54) is 0 Å². The van der Waals surface area contributed by atoms with Crippen molar-refractivity contribution in [1.82, 2.24) is 9.80 Å². The van der Waals surface area contributed by atoms with E-state index in [9.17, 15) is 4.79 Å². The largest absolute Gasteiger partial charge is 0.484 e. The van der Waals surface area contributed by atoms with Crippen LogP contribution in [0.3, 0.4) is 0 Å². The minimum Gasteiger partial charge on any atom is -0.484 e. The minimum atomic E-state index is -0.0133. The van der Waals surface area contributed by atoms with Gasteiger partial charge in [0.25, 0.3) is 5.91 Å². The Bertz CT molecular complexity index is 477. The lowest BCUT2D eigenvalue weighted by Crippen LogP contribution is -2.36. The van der Waals surface area contributed by atoms with Crippen LogP contribution in [-0.2, 0) is 4.79 Å². The van der Waals surface area contributed by atoms with Gasteiger partial charge in [0.1, 0.15) is 5.75 Å². The minimum absolute atomic E-state index is 0.0133. The summed E-state index contributed by atoms with van der Waals surface area (Å²) in [5.41, 5.74) is 0.576. The normalized spacial score (nSPS) is 10.2. The van der Waals surface area contributed by atoms with Gasteiger partial charge in [0.15, 0.2) is 6.61 Å². The van der Waals surface area contributed by atoms with Crippen LogP contribution in [0.5, 0.6) is 5.75 Å². The second-order valence-electron chi connectivity index (χ2n) is 5.06. The number of hydrogen-bond donors (Lipinski definition) is 0. The van der Waals surface area contributed by atoms with Crippen molar-refractivity contribution >= 4 is 5.91 Å². The Hall–Kier alpha value is -2.06. The zero-order chi connectivity index (χ0) is 15.7. The molecule has 5 nitrogen and oxygen atoms in total. The van der Waals surface area contributed by atoms with Crippen molar-refractivity contribution in [1.29, 1.82) is 5.26 Å². The highest BCUT2D eigenvalue weighted by Crippen LogP contribution is 2.11. The Morgan fingerprint density at radius 3 is 2.43 bits per heavy atom. The Morgan fingerprint density at radius 1 is 1.24 bits per heavy atom. The van der Waals surface area contributed by atoms with Crippen LogP contribution in [0.1, 0.15) is 18.9 Å². The number of carbonyl (C=O) groups excluding carboxylic acids is 1. The third-order valence-corrected chi connectivity index (χ3v) is 3.11. The molecule has 0 spiro atoms. The monoisotopic (exact) mass is 289 g/mol. The van der Waals surface area contributed by atoms with Gasteiger partial charge in [-0.05, 0) is 58.3 Å². The zero-order valence-electron chi connectivity index (χ0n) is 13.0. The molecule has 0 radical (unpaired) electrons. The summed E-state index contributed by atoms with van der Waals surface area (Å²) in [6.07, 6.45) is 0.948. The molecule has 0 atom stereocenters. The summed E-state index contributed by atoms with van der Waals surface area (Å²) >= 11 is 0. The molecule has 0 aliphatic carbocycles. The summed E-state index contributed by atoms with van der Waals surface area (Å²) in [7, 11) is 4.04. The van der Waals surface area contributed by atoms with E-state index in [2.05, 4.69) is 4.90 Å². The molecule has 0 saturated carbocycles. The first-order valence-corrected chi connectivity index (χ1v) is 7.12. The fraction of sp³-hybridized carbons (Fsp3) is 0.500. The van der Waals surface area contributed by atoms with E-state index >= 15 is 0 Å². The van der Waals surface area contributed by atoms with Crippen molar-refractivity contribution < 1.29 is 9.53 Å². The fourth-order valence-corrected chi connectivity index (χ4v) is 1.90. The molecule has 0 saturated heterocycles. The highest BCUT2D eigenvalue weighted by atomic mass is 16.5. The Labute approximate surface area is 126 Å². The molecular weight excluding hydrogens is 266 g/mol. The molecule has 0 aromatic heterocycles. The molecular formula is C16H23N3O2. The molecule has 1 aromatic carbocycles. The molecule has 21 heavy (non-hydrogen) atoms. The molecule has 114 valence electrons. The third kappa shape index (κ3) is 6.28. The molecule has 0 heterocycles. The topological polar surface area (TPSA) is 56.6 Å². The van der Waals surface area contributed by atoms with E-state index in [-0.39, 0.29) is 12.5 Å². The lowest BCUT2D eigenvalue weighted by Gasteiger charge is -2.22. The smallest absolute Gasteiger partial charge is 0.260 e. The summed E-state index contributed by atoms with van der Waals surface area (Å²) in [5, 5.41) is 8.72. The quantitative estimate of drug-likeness (QED) is 0.731. The number of carbonyl (C=O) groups is 1. The first-order valence-electron chi connectivity index (χ1n) is 7.12. The highest BCUT2D eigenvalue weighted by Gasteiger charge is 2.12. The molecule has 0 N–H and O–H groups in total. The van der Waals surface area contributed by atoms with Gasteiger partial charge < -0.3 is 14.5 Å². The van der Waals surface area contributed by atoms with Crippen LogP contribution in [0.4, 0.5) is 0 Å². The van der Waals surface area contributed by atoms with Crippen molar-refractivity contribution in [2.24, 2.45) is 0 Å². The van der Waals surface area contributed by atoms with Gasteiger partial charge in [-0.2, -0.15) is 5.26 Å². The predicted molar refractivity (Wildman–Crippen MR) is 82.1 cm³/mol. The Kier molecular flexibility index (Phi) is 7.27. The van der Waals surface area contributed by atoms with Crippen LogP contribution in [0.25, 0.3) is 0 Å². The van der Waals surface area contributed by atoms with Crippen molar-refractivity contribution in [2.45, 2.75) is 13.3 Å². The summed E-state index contributed by atoms with van der Waals surface area (Å²) in [4.78, 5) is 16.0. The third-order valence-electron chi connectivity index (χ3n) is 3.11. The number of benzene rings is 1. The second kappa shape index (κ2) is 8.98. The van der Waals surface area contributed by atoms with Gasteiger partial charge >= 0.3 is 0 Å². The van der Waals surface area contributed by atoms with Crippen molar-refractivity contribution in [3.63, 3.8) is 0 Å². The number of rotatable bonds is 8. The van der Waals surface area contributed by atoms with E-state index in [0.29, 0.717) is 17.9 Å². The lowest BCUT2D eigenvalue weighted by molar-refractivity contribution is -0.133. The van der Waals surface area contributed by atoms with Crippen LogP contribution < -0.4 is 4.74 Å².